The molecule has 3 heterocycles. The number of aliphatic hydroxyl groups is 1. The van der Waals surface area contributed by atoms with E-state index in [1.54, 1.807) is 26.9 Å². The molecular weight excluding hydrogens is 530 g/mol. The Kier molecular flexibility index (Phi) is 9.38. The van der Waals surface area contributed by atoms with Crippen molar-refractivity contribution in [1.82, 2.24) is 9.80 Å². The molecule has 1 aromatic rings. The predicted molar refractivity (Wildman–Crippen MR) is 165 cm³/mol. The lowest BCUT2D eigenvalue weighted by molar-refractivity contribution is -0.157. The van der Waals surface area contributed by atoms with Crippen molar-refractivity contribution in [3.05, 3.63) is 55.6 Å². The molecule has 0 aliphatic carbocycles. The molecule has 3 aliphatic rings. The van der Waals surface area contributed by atoms with Gasteiger partial charge >= 0.3 is 0 Å². The lowest BCUT2D eigenvalue weighted by Crippen LogP contribution is -2.60. The highest BCUT2D eigenvalue weighted by atomic mass is 16.5. The monoisotopic (exact) mass is 579 g/mol. The number of carbonyl (C=O) groups is 3. The van der Waals surface area contributed by atoms with Gasteiger partial charge in [-0.2, -0.15) is 0 Å². The Balaban J connectivity index is 1.89. The van der Waals surface area contributed by atoms with Gasteiger partial charge in [-0.3, -0.25) is 14.4 Å². The summed E-state index contributed by atoms with van der Waals surface area (Å²) in [6, 6.07) is 7.74. The molecule has 8 heteroatoms. The average molecular weight is 580 g/mol. The van der Waals surface area contributed by atoms with Crippen LogP contribution < -0.4 is 4.90 Å². The summed E-state index contributed by atoms with van der Waals surface area (Å²) in [5.74, 6) is -2.57. The Hall–Kier alpha value is -2.97. The molecule has 1 aromatic carbocycles. The topological polar surface area (TPSA) is 90.4 Å². The molecule has 8 atom stereocenters. The van der Waals surface area contributed by atoms with E-state index in [0.29, 0.717) is 18.7 Å². The molecule has 2 bridgehead atoms. The molecule has 3 aliphatic heterocycles. The van der Waals surface area contributed by atoms with Crippen molar-refractivity contribution in [2.75, 3.05) is 24.6 Å². The highest BCUT2D eigenvalue weighted by molar-refractivity contribution is 6.03. The van der Waals surface area contributed by atoms with Crippen LogP contribution in [0, 0.1) is 23.7 Å². The zero-order valence-corrected chi connectivity index (χ0v) is 26.2. The summed E-state index contributed by atoms with van der Waals surface area (Å²) >= 11 is 0. The van der Waals surface area contributed by atoms with E-state index in [9.17, 15) is 19.5 Å². The number of ether oxygens (including phenoxy) is 1. The summed E-state index contributed by atoms with van der Waals surface area (Å²) < 4.78 is 6.97. The second-order valence-corrected chi connectivity index (χ2v) is 12.9. The minimum absolute atomic E-state index is 0.0789. The van der Waals surface area contributed by atoms with Crippen LogP contribution in [0.15, 0.2) is 55.6 Å². The van der Waals surface area contributed by atoms with Crippen molar-refractivity contribution >= 4 is 23.4 Å². The van der Waals surface area contributed by atoms with Crippen LogP contribution in [0.25, 0.3) is 0 Å². The van der Waals surface area contributed by atoms with Crippen molar-refractivity contribution in [3.8, 4) is 0 Å². The summed E-state index contributed by atoms with van der Waals surface area (Å²) in [6.45, 7) is 20.0. The van der Waals surface area contributed by atoms with Crippen LogP contribution in [-0.2, 0) is 19.1 Å². The first kappa shape index (κ1) is 32.0. The minimum atomic E-state index is -1.19. The number of rotatable bonds is 13. The van der Waals surface area contributed by atoms with Crippen molar-refractivity contribution < 1.29 is 24.2 Å². The number of likely N-dealkylation sites (tertiary alicyclic amines) is 1. The number of para-hydroxylation sites is 1. The molecule has 8 nitrogen and oxygen atoms in total. The third-order valence-electron chi connectivity index (χ3n) is 10.1. The molecule has 4 rings (SSSR count). The number of carbonyl (C=O) groups excluding carboxylic acids is 3. The first-order valence-corrected chi connectivity index (χ1v) is 15.5. The largest absolute Gasteiger partial charge is 0.394 e. The Labute approximate surface area is 251 Å². The standard InChI is InChI=1S/C34H49N3O5/c1-9-15-24(7)35(18-10-2)32(41)29-34-20-23(6)33(8,42-34)27(28(34)31(40)37(29)26(21-38)22(4)5)30(39)36(19-11-3)25-16-13-12-14-17-25/h10-14,16-17,22-24,26-29,38H,2-3,9,15,18-21H2,1,4-8H3/t23?,24?,26-,27-,28-,29?,33+,34?/m0/s1. The molecule has 1 N–H and O–H groups in total. The number of benzene rings is 1. The van der Waals surface area contributed by atoms with Crippen molar-refractivity contribution in [2.24, 2.45) is 23.7 Å². The number of aliphatic hydroxyl groups excluding tert-OH is 1. The van der Waals surface area contributed by atoms with E-state index in [2.05, 4.69) is 20.1 Å². The third-order valence-corrected chi connectivity index (χ3v) is 10.1. The van der Waals surface area contributed by atoms with Gasteiger partial charge in [-0.25, -0.2) is 0 Å². The molecule has 42 heavy (non-hydrogen) atoms. The lowest BCUT2D eigenvalue weighted by Gasteiger charge is -2.42. The van der Waals surface area contributed by atoms with Gasteiger partial charge in [0, 0.05) is 24.8 Å². The molecular formula is C34H49N3O5. The van der Waals surface area contributed by atoms with Gasteiger partial charge in [-0.15, -0.1) is 13.2 Å². The van der Waals surface area contributed by atoms with Gasteiger partial charge < -0.3 is 24.5 Å². The van der Waals surface area contributed by atoms with Crippen molar-refractivity contribution in [3.63, 3.8) is 0 Å². The van der Waals surface area contributed by atoms with Crippen molar-refractivity contribution in [1.29, 1.82) is 0 Å². The second-order valence-electron chi connectivity index (χ2n) is 12.9. The van der Waals surface area contributed by atoms with Gasteiger partial charge in [0.05, 0.1) is 30.1 Å². The number of fused-ring (bicyclic) bond motifs is 1. The minimum Gasteiger partial charge on any atom is -0.394 e. The molecule has 0 saturated carbocycles. The van der Waals surface area contributed by atoms with E-state index in [4.69, 9.17) is 4.74 Å². The van der Waals surface area contributed by atoms with E-state index < -0.39 is 35.1 Å². The predicted octanol–water partition coefficient (Wildman–Crippen LogP) is 4.44. The van der Waals surface area contributed by atoms with E-state index in [0.717, 1.165) is 12.8 Å². The lowest BCUT2D eigenvalue weighted by atomic mass is 9.62. The van der Waals surface area contributed by atoms with E-state index in [1.807, 2.05) is 65.0 Å². The molecule has 0 radical (unpaired) electrons. The van der Waals surface area contributed by atoms with Gasteiger partial charge in [-0.1, -0.05) is 64.5 Å². The number of amides is 3. The Morgan fingerprint density at radius 1 is 1.14 bits per heavy atom. The number of hydrogen-bond donors (Lipinski definition) is 1. The second kappa shape index (κ2) is 12.3. The number of nitrogens with zero attached hydrogens (tertiary/aromatic N) is 3. The Bertz CT molecular complexity index is 1190. The van der Waals surface area contributed by atoms with Crippen LogP contribution in [-0.4, -0.2) is 81.7 Å². The fraction of sp³-hybridized carbons (Fsp3) is 0.618. The first-order chi connectivity index (χ1) is 19.9. The smallest absolute Gasteiger partial charge is 0.248 e. The van der Waals surface area contributed by atoms with Gasteiger partial charge in [0.2, 0.25) is 17.7 Å². The van der Waals surface area contributed by atoms with Crippen LogP contribution >= 0.6 is 0 Å². The molecule has 3 fully saturated rings. The maximum atomic E-state index is 14.7. The van der Waals surface area contributed by atoms with Gasteiger partial charge in [0.1, 0.15) is 11.6 Å². The summed E-state index contributed by atoms with van der Waals surface area (Å²) in [5, 5.41) is 10.6. The number of hydrogen-bond acceptors (Lipinski definition) is 5. The fourth-order valence-electron chi connectivity index (χ4n) is 7.89. The van der Waals surface area contributed by atoms with Gasteiger partial charge in [-0.05, 0) is 50.7 Å². The van der Waals surface area contributed by atoms with E-state index >= 15 is 0 Å². The SMILES string of the molecule is C=CCN(C(=O)[C@@H]1[C@H]2C(=O)N([C@@H](CO)C(C)C)C(C(=O)N(CC=C)C(C)CCC)C23CC(C)[C@@]1(C)O3)c1ccccc1. The zero-order valence-electron chi connectivity index (χ0n) is 26.2. The highest BCUT2D eigenvalue weighted by Gasteiger charge is 2.80. The summed E-state index contributed by atoms with van der Waals surface area (Å²) in [5.41, 5.74) is -1.42. The summed E-state index contributed by atoms with van der Waals surface area (Å²) in [6.07, 6.45) is 5.56. The Morgan fingerprint density at radius 3 is 2.33 bits per heavy atom. The third kappa shape index (κ3) is 4.90. The van der Waals surface area contributed by atoms with E-state index in [1.165, 1.54) is 0 Å². The summed E-state index contributed by atoms with van der Waals surface area (Å²) in [4.78, 5) is 49.1. The maximum Gasteiger partial charge on any atom is 0.248 e. The molecule has 3 amide bonds. The molecule has 1 spiro atoms. The van der Waals surface area contributed by atoms with Crippen LogP contribution in [0.3, 0.4) is 0 Å². The van der Waals surface area contributed by atoms with Crippen LogP contribution in [0.4, 0.5) is 5.69 Å². The van der Waals surface area contributed by atoms with Crippen LogP contribution in [0.2, 0.25) is 0 Å². The number of anilines is 1. The first-order valence-electron chi connectivity index (χ1n) is 15.5. The maximum absolute atomic E-state index is 14.7. The van der Waals surface area contributed by atoms with Gasteiger partial charge in [0.25, 0.3) is 0 Å². The quantitative estimate of drug-likeness (QED) is 0.349. The van der Waals surface area contributed by atoms with Crippen LogP contribution in [0.1, 0.15) is 60.8 Å². The highest BCUT2D eigenvalue weighted by Crippen LogP contribution is 2.66. The molecule has 230 valence electrons. The normalized spacial score (nSPS) is 31.1. The van der Waals surface area contributed by atoms with Crippen molar-refractivity contribution in [2.45, 2.75) is 90.1 Å². The molecule has 0 aromatic heterocycles. The average Bonchev–Trinajstić information content (AvgIpc) is 3.47. The van der Waals surface area contributed by atoms with E-state index in [-0.39, 0.29) is 48.8 Å². The van der Waals surface area contributed by atoms with Crippen LogP contribution in [0.5, 0.6) is 0 Å². The summed E-state index contributed by atoms with van der Waals surface area (Å²) in [7, 11) is 0. The van der Waals surface area contributed by atoms with Gasteiger partial charge in [0.15, 0.2) is 0 Å². The Morgan fingerprint density at radius 2 is 1.79 bits per heavy atom. The fourth-order valence-corrected chi connectivity index (χ4v) is 7.89. The molecule has 3 saturated heterocycles. The zero-order chi connectivity index (χ0) is 31.0. The molecule has 4 unspecified atom stereocenters.